The first kappa shape index (κ1) is 17.2. The Morgan fingerprint density at radius 1 is 1.00 bits per heavy atom. The second-order valence-corrected chi connectivity index (χ2v) is 6.41. The third-order valence-electron chi connectivity index (χ3n) is 4.71. The number of hydrogen-bond acceptors (Lipinski definition) is 3. The summed E-state index contributed by atoms with van der Waals surface area (Å²) in [4.78, 5) is 18.0. The van der Waals surface area contributed by atoms with Crippen LogP contribution in [0.3, 0.4) is 0 Å². The molecule has 1 aromatic rings. The summed E-state index contributed by atoms with van der Waals surface area (Å²) >= 11 is 0. The van der Waals surface area contributed by atoms with Crippen molar-refractivity contribution in [1.29, 1.82) is 0 Å². The first-order valence-corrected chi connectivity index (χ1v) is 8.34. The molecule has 2 saturated heterocycles. The third-order valence-corrected chi connectivity index (χ3v) is 4.71. The molecule has 0 N–H and O–H groups in total. The van der Waals surface area contributed by atoms with Gasteiger partial charge in [-0.3, -0.25) is 14.6 Å². The molecule has 3 rings (SSSR count). The molecule has 7 heteroatoms. The molecule has 0 aliphatic carbocycles. The molecular formula is C17H22F3N3O. The summed E-state index contributed by atoms with van der Waals surface area (Å²) in [5.41, 5.74) is 0.888. The van der Waals surface area contributed by atoms with Crippen molar-refractivity contribution in [3.05, 3.63) is 30.3 Å². The molecule has 132 valence electrons. The Kier molecular flexibility index (Phi) is 5.10. The zero-order chi connectivity index (χ0) is 17.2. The van der Waals surface area contributed by atoms with Crippen LogP contribution in [0.1, 0.15) is 12.8 Å². The van der Waals surface area contributed by atoms with Gasteiger partial charge in [0.2, 0.25) is 5.91 Å². The second-order valence-electron chi connectivity index (χ2n) is 6.41. The summed E-state index contributed by atoms with van der Waals surface area (Å²) in [7, 11) is 0. The SMILES string of the molecule is O=C1C(N2CCCN(CC(F)(F)F)CC2)CCN1c1ccccc1. The van der Waals surface area contributed by atoms with Crippen molar-refractivity contribution in [3.8, 4) is 0 Å². The van der Waals surface area contributed by atoms with Gasteiger partial charge in [-0.05, 0) is 31.5 Å². The Morgan fingerprint density at radius 3 is 2.46 bits per heavy atom. The lowest BCUT2D eigenvalue weighted by Crippen LogP contribution is -2.44. The maximum atomic E-state index is 12.7. The number of benzene rings is 1. The quantitative estimate of drug-likeness (QED) is 0.844. The van der Waals surface area contributed by atoms with Crippen LogP contribution in [0.15, 0.2) is 30.3 Å². The van der Waals surface area contributed by atoms with E-state index in [1.165, 1.54) is 4.90 Å². The van der Waals surface area contributed by atoms with Crippen LogP contribution < -0.4 is 4.90 Å². The summed E-state index contributed by atoms with van der Waals surface area (Å²) in [6.07, 6.45) is -2.78. The molecule has 0 saturated carbocycles. The van der Waals surface area contributed by atoms with Gasteiger partial charge in [0, 0.05) is 31.9 Å². The van der Waals surface area contributed by atoms with E-state index in [1.54, 1.807) is 4.90 Å². The van der Waals surface area contributed by atoms with Gasteiger partial charge in [0.25, 0.3) is 0 Å². The summed E-state index contributed by atoms with van der Waals surface area (Å²) < 4.78 is 37.7. The van der Waals surface area contributed by atoms with Gasteiger partial charge >= 0.3 is 6.18 Å². The number of nitrogens with zero attached hydrogens (tertiary/aromatic N) is 3. The monoisotopic (exact) mass is 341 g/mol. The highest BCUT2D eigenvalue weighted by atomic mass is 19.4. The van der Waals surface area contributed by atoms with Gasteiger partial charge in [0.1, 0.15) is 0 Å². The van der Waals surface area contributed by atoms with E-state index in [0.717, 1.165) is 12.1 Å². The molecular weight excluding hydrogens is 319 g/mol. The Hall–Kier alpha value is -1.60. The van der Waals surface area contributed by atoms with E-state index in [0.29, 0.717) is 39.1 Å². The maximum Gasteiger partial charge on any atom is 0.401 e. The van der Waals surface area contributed by atoms with Gasteiger partial charge < -0.3 is 4.90 Å². The molecule has 2 aliphatic rings. The first-order valence-electron chi connectivity index (χ1n) is 8.34. The highest BCUT2D eigenvalue weighted by Gasteiger charge is 2.38. The molecule has 4 nitrogen and oxygen atoms in total. The van der Waals surface area contributed by atoms with Crippen LogP contribution >= 0.6 is 0 Å². The fourth-order valence-corrected chi connectivity index (χ4v) is 3.58. The number of hydrogen-bond donors (Lipinski definition) is 0. The fraction of sp³-hybridized carbons (Fsp3) is 0.588. The number of halogens is 3. The second kappa shape index (κ2) is 7.11. The zero-order valence-electron chi connectivity index (χ0n) is 13.5. The van der Waals surface area contributed by atoms with E-state index in [-0.39, 0.29) is 11.9 Å². The fourth-order valence-electron chi connectivity index (χ4n) is 3.58. The van der Waals surface area contributed by atoms with Crippen molar-refractivity contribution in [2.45, 2.75) is 25.1 Å². The predicted octanol–water partition coefficient (Wildman–Crippen LogP) is 2.36. The Bertz CT molecular complexity index is 564. The Balaban J connectivity index is 1.60. The predicted molar refractivity (Wildman–Crippen MR) is 85.9 cm³/mol. The van der Waals surface area contributed by atoms with Crippen molar-refractivity contribution in [2.75, 3.05) is 44.2 Å². The van der Waals surface area contributed by atoms with Crippen LogP contribution in [0, 0.1) is 0 Å². The maximum absolute atomic E-state index is 12.7. The van der Waals surface area contributed by atoms with E-state index >= 15 is 0 Å². The molecule has 2 aliphatic heterocycles. The number of rotatable bonds is 3. The molecule has 0 bridgehead atoms. The number of carbonyl (C=O) groups is 1. The van der Waals surface area contributed by atoms with Crippen molar-refractivity contribution in [1.82, 2.24) is 9.80 Å². The summed E-state index contributed by atoms with van der Waals surface area (Å²) in [5, 5.41) is 0. The Morgan fingerprint density at radius 2 is 1.75 bits per heavy atom. The third kappa shape index (κ3) is 4.08. The molecule has 2 heterocycles. The number of alkyl halides is 3. The zero-order valence-corrected chi connectivity index (χ0v) is 13.5. The van der Waals surface area contributed by atoms with Gasteiger partial charge in [0.15, 0.2) is 0 Å². The van der Waals surface area contributed by atoms with E-state index in [1.807, 2.05) is 30.3 Å². The van der Waals surface area contributed by atoms with Gasteiger partial charge in [-0.2, -0.15) is 13.2 Å². The standard InChI is InChI=1S/C17H22F3N3O/c18-17(19,20)13-21-8-4-9-22(12-11-21)15-7-10-23(16(15)24)14-5-2-1-3-6-14/h1-3,5-6,15H,4,7-13H2. The van der Waals surface area contributed by atoms with Crippen molar-refractivity contribution >= 4 is 11.6 Å². The molecule has 24 heavy (non-hydrogen) atoms. The highest BCUT2D eigenvalue weighted by Crippen LogP contribution is 2.25. The minimum Gasteiger partial charge on any atom is -0.311 e. The van der Waals surface area contributed by atoms with Crippen molar-refractivity contribution in [2.24, 2.45) is 0 Å². The largest absolute Gasteiger partial charge is 0.401 e. The van der Waals surface area contributed by atoms with Crippen LogP contribution in [-0.2, 0) is 4.79 Å². The normalized spacial score (nSPS) is 24.4. The first-order chi connectivity index (χ1) is 11.4. The topological polar surface area (TPSA) is 26.8 Å². The minimum atomic E-state index is -4.16. The molecule has 1 aromatic carbocycles. The molecule has 2 fully saturated rings. The molecule has 0 radical (unpaired) electrons. The van der Waals surface area contributed by atoms with Crippen molar-refractivity contribution in [3.63, 3.8) is 0 Å². The smallest absolute Gasteiger partial charge is 0.311 e. The summed E-state index contributed by atoms with van der Waals surface area (Å²) in [5.74, 6) is 0.0606. The van der Waals surface area contributed by atoms with E-state index in [4.69, 9.17) is 0 Å². The van der Waals surface area contributed by atoms with Gasteiger partial charge in [-0.15, -0.1) is 0 Å². The highest BCUT2D eigenvalue weighted by molar-refractivity contribution is 5.99. The molecule has 0 spiro atoms. The van der Waals surface area contributed by atoms with Gasteiger partial charge in [-0.1, -0.05) is 18.2 Å². The van der Waals surface area contributed by atoms with E-state index in [9.17, 15) is 18.0 Å². The molecule has 1 atom stereocenters. The molecule has 1 unspecified atom stereocenters. The lowest BCUT2D eigenvalue weighted by atomic mass is 10.2. The van der Waals surface area contributed by atoms with E-state index in [2.05, 4.69) is 4.90 Å². The minimum absolute atomic E-state index is 0.0606. The average Bonchev–Trinajstić information content (AvgIpc) is 2.76. The molecule has 1 amide bonds. The van der Waals surface area contributed by atoms with Gasteiger partial charge in [-0.25, -0.2) is 0 Å². The van der Waals surface area contributed by atoms with Crippen LogP contribution in [0.25, 0.3) is 0 Å². The Labute approximate surface area is 139 Å². The van der Waals surface area contributed by atoms with Crippen LogP contribution in [0.4, 0.5) is 18.9 Å². The number of anilines is 1. The van der Waals surface area contributed by atoms with Crippen LogP contribution in [0.2, 0.25) is 0 Å². The van der Waals surface area contributed by atoms with Crippen LogP contribution in [0.5, 0.6) is 0 Å². The number of amides is 1. The van der Waals surface area contributed by atoms with Crippen molar-refractivity contribution < 1.29 is 18.0 Å². The number of carbonyl (C=O) groups excluding carboxylic acids is 1. The summed E-state index contributed by atoms with van der Waals surface area (Å²) in [6.45, 7) is 1.77. The van der Waals surface area contributed by atoms with Gasteiger partial charge in [0.05, 0.1) is 12.6 Å². The lowest BCUT2D eigenvalue weighted by Gasteiger charge is -2.27. The average molecular weight is 341 g/mol. The van der Waals surface area contributed by atoms with Crippen LogP contribution in [-0.4, -0.2) is 67.2 Å². The lowest BCUT2D eigenvalue weighted by molar-refractivity contribution is -0.145. The molecule has 0 aromatic heterocycles. The summed E-state index contributed by atoms with van der Waals surface area (Å²) in [6, 6.07) is 9.32. The number of para-hydroxylation sites is 1. The van der Waals surface area contributed by atoms with E-state index < -0.39 is 12.7 Å².